The highest BCUT2D eigenvalue weighted by atomic mass is 35.5. The van der Waals surface area contributed by atoms with Gasteiger partial charge in [-0.1, -0.05) is 49.6 Å². The van der Waals surface area contributed by atoms with E-state index in [9.17, 15) is 4.79 Å². The van der Waals surface area contributed by atoms with Gasteiger partial charge in [-0.3, -0.25) is 4.79 Å². The number of benzene rings is 1. The number of hydrogen-bond donors (Lipinski definition) is 0. The summed E-state index contributed by atoms with van der Waals surface area (Å²) in [5.74, 6) is 0.351. The average Bonchev–Trinajstić information content (AvgIpc) is 2.31. The Hall–Kier alpha value is -0.820. The van der Waals surface area contributed by atoms with Crippen LogP contribution in [0.3, 0.4) is 0 Å². The summed E-state index contributed by atoms with van der Waals surface area (Å²) in [6, 6.07) is 9.95. The van der Waals surface area contributed by atoms with E-state index in [-0.39, 0.29) is 11.2 Å². The van der Waals surface area contributed by atoms with E-state index in [1.807, 2.05) is 30.3 Å². The molecule has 0 aromatic heterocycles. The molecule has 0 saturated heterocycles. The Morgan fingerprint density at radius 1 is 1.12 bits per heavy atom. The number of carbonyl (C=O) groups is 1. The Labute approximate surface area is 102 Å². The largest absolute Gasteiger partial charge is 0.281 e. The predicted molar refractivity (Wildman–Crippen MR) is 66.6 cm³/mol. The summed E-state index contributed by atoms with van der Waals surface area (Å²) in [4.78, 5) is 11.6. The van der Waals surface area contributed by atoms with Gasteiger partial charge >= 0.3 is 0 Å². The first-order valence-electron chi connectivity index (χ1n) is 6.03. The number of halogens is 1. The van der Waals surface area contributed by atoms with E-state index in [1.165, 1.54) is 19.3 Å². The Balaban J connectivity index is 2.20. The molecule has 0 N–H and O–H groups in total. The van der Waals surface area contributed by atoms with Crippen LogP contribution in [-0.4, -0.2) is 5.24 Å². The van der Waals surface area contributed by atoms with Gasteiger partial charge in [0.1, 0.15) is 0 Å². The lowest BCUT2D eigenvalue weighted by atomic mass is 9.77. The molecule has 0 aliphatic heterocycles. The molecule has 16 heavy (non-hydrogen) atoms. The second-order valence-electron chi connectivity index (χ2n) is 4.59. The van der Waals surface area contributed by atoms with Gasteiger partial charge in [-0.15, -0.1) is 0 Å². The van der Waals surface area contributed by atoms with Crippen LogP contribution in [0.1, 0.15) is 43.6 Å². The van der Waals surface area contributed by atoms with Crippen molar-refractivity contribution in [1.82, 2.24) is 0 Å². The molecule has 1 aliphatic rings. The van der Waals surface area contributed by atoms with Gasteiger partial charge in [0.15, 0.2) is 0 Å². The maximum absolute atomic E-state index is 11.6. The molecule has 0 unspecified atom stereocenters. The molecule has 2 rings (SSSR count). The highest BCUT2D eigenvalue weighted by molar-refractivity contribution is 6.64. The molecule has 0 bridgehead atoms. The average molecular weight is 237 g/mol. The standard InChI is InChI=1S/C14H17ClO/c15-14(16)13(11-7-3-1-4-8-11)12-9-5-2-6-10-12/h1,3-4,7-8,12-13H,2,5-6,9-10H2/t13-/m1/s1. The summed E-state index contributed by atoms with van der Waals surface area (Å²) in [7, 11) is 0. The molecule has 1 nitrogen and oxygen atoms in total. The number of carbonyl (C=O) groups excluding carboxylic acids is 1. The molecule has 0 amide bonds. The lowest BCUT2D eigenvalue weighted by Gasteiger charge is -2.28. The number of hydrogen-bond acceptors (Lipinski definition) is 1. The highest BCUT2D eigenvalue weighted by Crippen LogP contribution is 2.37. The van der Waals surface area contributed by atoms with Crippen molar-refractivity contribution in [3.63, 3.8) is 0 Å². The van der Waals surface area contributed by atoms with Crippen molar-refractivity contribution in [2.24, 2.45) is 5.92 Å². The maximum atomic E-state index is 11.6. The van der Waals surface area contributed by atoms with Crippen LogP contribution in [0.5, 0.6) is 0 Å². The van der Waals surface area contributed by atoms with Gasteiger partial charge < -0.3 is 0 Å². The third-order valence-corrected chi connectivity index (χ3v) is 3.76. The van der Waals surface area contributed by atoms with Gasteiger partial charge in [0.2, 0.25) is 5.24 Å². The molecule has 1 atom stereocenters. The molecule has 1 aromatic rings. The molecule has 1 aromatic carbocycles. The van der Waals surface area contributed by atoms with Crippen LogP contribution in [0.25, 0.3) is 0 Å². The van der Waals surface area contributed by atoms with E-state index in [4.69, 9.17) is 11.6 Å². The van der Waals surface area contributed by atoms with Crippen molar-refractivity contribution in [3.05, 3.63) is 35.9 Å². The fourth-order valence-corrected chi connectivity index (χ4v) is 3.02. The molecule has 2 heteroatoms. The molecule has 1 aliphatic carbocycles. The molecular formula is C14H17ClO. The first-order chi connectivity index (χ1) is 7.79. The van der Waals surface area contributed by atoms with E-state index in [0.29, 0.717) is 5.92 Å². The van der Waals surface area contributed by atoms with Crippen molar-refractivity contribution >= 4 is 16.8 Å². The summed E-state index contributed by atoms with van der Waals surface area (Å²) < 4.78 is 0. The molecule has 0 radical (unpaired) electrons. The predicted octanol–water partition coefficient (Wildman–Crippen LogP) is 4.12. The lowest BCUT2D eigenvalue weighted by Crippen LogP contribution is -2.21. The SMILES string of the molecule is O=C(Cl)[C@H](c1ccccc1)C1CCCCC1. The maximum Gasteiger partial charge on any atom is 0.229 e. The Morgan fingerprint density at radius 3 is 2.31 bits per heavy atom. The topological polar surface area (TPSA) is 17.1 Å². The Bertz CT molecular complexity index is 341. The fourth-order valence-electron chi connectivity index (χ4n) is 2.72. The fraction of sp³-hybridized carbons (Fsp3) is 0.500. The summed E-state index contributed by atoms with van der Waals surface area (Å²) in [6.45, 7) is 0. The first-order valence-corrected chi connectivity index (χ1v) is 6.41. The van der Waals surface area contributed by atoms with Crippen LogP contribution in [0.4, 0.5) is 0 Å². The monoisotopic (exact) mass is 236 g/mol. The van der Waals surface area contributed by atoms with Crippen molar-refractivity contribution in [3.8, 4) is 0 Å². The quantitative estimate of drug-likeness (QED) is 0.722. The second kappa shape index (κ2) is 5.49. The Morgan fingerprint density at radius 2 is 1.75 bits per heavy atom. The van der Waals surface area contributed by atoms with E-state index in [1.54, 1.807) is 0 Å². The van der Waals surface area contributed by atoms with E-state index in [0.717, 1.165) is 18.4 Å². The zero-order chi connectivity index (χ0) is 11.4. The van der Waals surface area contributed by atoms with Gasteiger partial charge in [0.05, 0.1) is 5.92 Å². The second-order valence-corrected chi connectivity index (χ2v) is 4.96. The molecule has 0 spiro atoms. The third kappa shape index (κ3) is 2.65. The zero-order valence-corrected chi connectivity index (χ0v) is 10.1. The molecular weight excluding hydrogens is 220 g/mol. The molecule has 1 fully saturated rings. The molecule has 86 valence electrons. The number of rotatable bonds is 3. The van der Waals surface area contributed by atoms with E-state index < -0.39 is 0 Å². The van der Waals surface area contributed by atoms with Crippen LogP contribution >= 0.6 is 11.6 Å². The minimum atomic E-state index is -0.196. The van der Waals surface area contributed by atoms with Crippen molar-refractivity contribution < 1.29 is 4.79 Å². The van der Waals surface area contributed by atoms with Crippen LogP contribution < -0.4 is 0 Å². The highest BCUT2D eigenvalue weighted by Gasteiger charge is 2.29. The van der Waals surface area contributed by atoms with Gasteiger partial charge in [-0.25, -0.2) is 0 Å². The normalized spacial score (nSPS) is 19.3. The minimum Gasteiger partial charge on any atom is -0.281 e. The summed E-state index contributed by atoms with van der Waals surface area (Å²) in [5.41, 5.74) is 1.08. The molecule has 1 saturated carbocycles. The minimum absolute atomic E-state index is 0.0943. The third-order valence-electron chi connectivity index (χ3n) is 3.52. The van der Waals surface area contributed by atoms with Crippen molar-refractivity contribution in [2.75, 3.05) is 0 Å². The van der Waals surface area contributed by atoms with Gasteiger partial charge in [-0.2, -0.15) is 0 Å². The molecule has 0 heterocycles. The van der Waals surface area contributed by atoms with Crippen LogP contribution in [0.2, 0.25) is 0 Å². The summed E-state index contributed by atoms with van der Waals surface area (Å²) in [6.07, 6.45) is 6.04. The summed E-state index contributed by atoms with van der Waals surface area (Å²) in [5, 5.41) is -0.196. The lowest BCUT2D eigenvalue weighted by molar-refractivity contribution is -0.114. The smallest absolute Gasteiger partial charge is 0.229 e. The van der Waals surface area contributed by atoms with Crippen LogP contribution in [-0.2, 0) is 4.79 Å². The van der Waals surface area contributed by atoms with Crippen molar-refractivity contribution in [1.29, 1.82) is 0 Å². The van der Waals surface area contributed by atoms with Gasteiger partial charge in [0, 0.05) is 0 Å². The van der Waals surface area contributed by atoms with Gasteiger partial charge in [-0.05, 0) is 35.9 Å². The van der Waals surface area contributed by atoms with E-state index in [2.05, 4.69) is 0 Å². The van der Waals surface area contributed by atoms with Crippen LogP contribution in [0, 0.1) is 5.92 Å². The van der Waals surface area contributed by atoms with Crippen LogP contribution in [0.15, 0.2) is 30.3 Å². The zero-order valence-electron chi connectivity index (χ0n) is 9.36. The van der Waals surface area contributed by atoms with E-state index >= 15 is 0 Å². The first kappa shape index (κ1) is 11.7. The summed E-state index contributed by atoms with van der Waals surface area (Å²) >= 11 is 5.77. The Kier molecular flexibility index (Phi) is 4.00. The van der Waals surface area contributed by atoms with Crippen molar-refractivity contribution in [2.45, 2.75) is 38.0 Å². The van der Waals surface area contributed by atoms with Gasteiger partial charge in [0.25, 0.3) is 0 Å².